The van der Waals surface area contributed by atoms with Gasteiger partial charge in [-0.2, -0.15) is 4.98 Å². The summed E-state index contributed by atoms with van der Waals surface area (Å²) in [5.41, 5.74) is 2.75. The number of allylic oxidation sites excluding steroid dienone is 1. The summed E-state index contributed by atoms with van der Waals surface area (Å²) in [6.07, 6.45) is 0. The fourth-order valence-corrected chi connectivity index (χ4v) is 3.46. The number of nitrogens with one attached hydrogen (secondary N) is 1. The normalized spacial score (nSPS) is 15.9. The van der Waals surface area contributed by atoms with Crippen LogP contribution in [-0.4, -0.2) is 27.8 Å². The molecule has 7 heteroatoms. The van der Waals surface area contributed by atoms with Gasteiger partial charge in [0, 0.05) is 21.8 Å². The number of methoxy groups -OCH3 is 1. The number of carbonyl (C=O) groups is 1. The Labute approximate surface area is 161 Å². The second kappa shape index (κ2) is 6.89. The molecule has 1 N–H and O–H groups in total. The number of anilines is 1. The van der Waals surface area contributed by atoms with Crippen molar-refractivity contribution in [3.05, 3.63) is 76.5 Å². The number of benzene rings is 2. The summed E-state index contributed by atoms with van der Waals surface area (Å²) < 4.78 is 6.70. The van der Waals surface area contributed by atoms with Gasteiger partial charge < -0.3 is 10.1 Å². The zero-order chi connectivity index (χ0) is 19.0. The number of halogens is 1. The Morgan fingerprint density at radius 3 is 2.56 bits per heavy atom. The number of aromatic nitrogens is 3. The van der Waals surface area contributed by atoms with E-state index >= 15 is 0 Å². The summed E-state index contributed by atoms with van der Waals surface area (Å²) in [4.78, 5) is 17.1. The number of hydrogen-bond acceptors (Lipinski definition) is 5. The van der Waals surface area contributed by atoms with E-state index in [9.17, 15) is 4.79 Å². The Morgan fingerprint density at radius 1 is 1.15 bits per heavy atom. The van der Waals surface area contributed by atoms with Crippen LogP contribution in [0.4, 0.5) is 5.95 Å². The van der Waals surface area contributed by atoms with Crippen molar-refractivity contribution in [3.8, 4) is 11.4 Å². The SMILES string of the molecule is COC(=O)C1=C(C)Nc2nc(-c3ccccc3)nn2C1c1ccccc1Cl. The summed E-state index contributed by atoms with van der Waals surface area (Å²) in [5.74, 6) is 0.672. The molecule has 0 amide bonds. The Balaban J connectivity index is 1.92. The molecule has 6 nitrogen and oxygen atoms in total. The summed E-state index contributed by atoms with van der Waals surface area (Å²) in [6.45, 7) is 1.82. The monoisotopic (exact) mass is 380 g/mol. The summed E-state index contributed by atoms with van der Waals surface area (Å²) in [7, 11) is 1.36. The average molecular weight is 381 g/mol. The molecule has 1 aliphatic rings. The van der Waals surface area contributed by atoms with Crippen LogP contribution < -0.4 is 5.32 Å². The van der Waals surface area contributed by atoms with E-state index in [1.165, 1.54) is 7.11 Å². The first-order chi connectivity index (χ1) is 13.1. The smallest absolute Gasteiger partial charge is 0.338 e. The van der Waals surface area contributed by atoms with Crippen molar-refractivity contribution < 1.29 is 9.53 Å². The summed E-state index contributed by atoms with van der Waals surface area (Å²) >= 11 is 6.45. The fourth-order valence-electron chi connectivity index (χ4n) is 3.22. The molecule has 0 bridgehead atoms. The van der Waals surface area contributed by atoms with Crippen LogP contribution in [0.3, 0.4) is 0 Å². The predicted molar refractivity (Wildman–Crippen MR) is 103 cm³/mol. The molecule has 0 saturated carbocycles. The fraction of sp³-hybridized carbons (Fsp3) is 0.150. The van der Waals surface area contributed by atoms with Crippen molar-refractivity contribution in [2.24, 2.45) is 0 Å². The highest BCUT2D eigenvalue weighted by molar-refractivity contribution is 6.31. The van der Waals surface area contributed by atoms with Gasteiger partial charge in [-0.3, -0.25) is 0 Å². The third-order valence-electron chi connectivity index (χ3n) is 4.49. The lowest BCUT2D eigenvalue weighted by molar-refractivity contribution is -0.136. The molecule has 1 unspecified atom stereocenters. The van der Waals surface area contributed by atoms with E-state index in [1.54, 1.807) is 10.7 Å². The molecular weight excluding hydrogens is 364 g/mol. The van der Waals surface area contributed by atoms with Crippen molar-refractivity contribution in [2.75, 3.05) is 12.4 Å². The van der Waals surface area contributed by atoms with Crippen LogP contribution >= 0.6 is 11.6 Å². The predicted octanol–water partition coefficient (Wildman–Crippen LogP) is 4.06. The Hall–Kier alpha value is -3.12. The van der Waals surface area contributed by atoms with Gasteiger partial charge in [-0.05, 0) is 13.0 Å². The van der Waals surface area contributed by atoms with Crippen LogP contribution in [0.1, 0.15) is 18.5 Å². The first-order valence-corrected chi connectivity index (χ1v) is 8.80. The molecule has 0 fully saturated rings. The zero-order valence-corrected chi connectivity index (χ0v) is 15.6. The first-order valence-electron chi connectivity index (χ1n) is 8.42. The molecule has 1 aromatic heterocycles. The Morgan fingerprint density at radius 2 is 1.85 bits per heavy atom. The van der Waals surface area contributed by atoms with Gasteiger partial charge >= 0.3 is 5.97 Å². The van der Waals surface area contributed by atoms with E-state index in [0.717, 1.165) is 11.1 Å². The lowest BCUT2D eigenvalue weighted by Gasteiger charge is -2.28. The molecule has 1 aliphatic heterocycles. The topological polar surface area (TPSA) is 69.0 Å². The Kier molecular flexibility index (Phi) is 4.41. The molecular formula is C20H17ClN4O2. The van der Waals surface area contributed by atoms with Crippen molar-refractivity contribution in [1.82, 2.24) is 14.8 Å². The first kappa shape index (κ1) is 17.3. The minimum Gasteiger partial charge on any atom is -0.466 e. The minimum absolute atomic E-state index is 0.438. The van der Waals surface area contributed by atoms with Crippen LogP contribution in [0.15, 0.2) is 65.9 Å². The number of carbonyl (C=O) groups excluding carboxylic acids is 1. The Bertz CT molecular complexity index is 1040. The maximum absolute atomic E-state index is 12.5. The molecule has 4 rings (SSSR count). The van der Waals surface area contributed by atoms with Crippen molar-refractivity contribution >= 4 is 23.5 Å². The number of esters is 1. The van der Waals surface area contributed by atoms with Gasteiger partial charge in [-0.1, -0.05) is 60.1 Å². The lowest BCUT2D eigenvalue weighted by atomic mass is 9.96. The molecule has 0 radical (unpaired) electrons. The molecule has 0 aliphatic carbocycles. The number of fused-ring (bicyclic) bond motifs is 1. The van der Waals surface area contributed by atoms with E-state index < -0.39 is 12.0 Å². The molecule has 27 heavy (non-hydrogen) atoms. The number of ether oxygens (including phenoxy) is 1. The van der Waals surface area contributed by atoms with Crippen molar-refractivity contribution in [1.29, 1.82) is 0 Å². The van der Waals surface area contributed by atoms with E-state index in [0.29, 0.717) is 28.1 Å². The highest BCUT2D eigenvalue weighted by Gasteiger charge is 2.35. The molecule has 1 atom stereocenters. The van der Waals surface area contributed by atoms with Gasteiger partial charge in [0.05, 0.1) is 12.7 Å². The second-order valence-corrected chi connectivity index (χ2v) is 6.56. The van der Waals surface area contributed by atoms with Gasteiger partial charge in [0.25, 0.3) is 0 Å². The largest absolute Gasteiger partial charge is 0.466 e. The van der Waals surface area contributed by atoms with Gasteiger partial charge in [-0.15, -0.1) is 5.10 Å². The van der Waals surface area contributed by atoms with E-state index in [4.69, 9.17) is 16.3 Å². The van der Waals surface area contributed by atoms with E-state index in [2.05, 4.69) is 15.4 Å². The number of rotatable bonds is 3. The standard InChI is InChI=1S/C20H17ClN4O2/c1-12-16(19(26)27-2)17(14-10-6-7-11-15(14)21)25-20(22-12)23-18(24-25)13-8-4-3-5-9-13/h3-11,17H,1-2H3,(H,22,23,24). The summed E-state index contributed by atoms with van der Waals surface area (Å²) in [6, 6.07) is 16.5. The zero-order valence-electron chi connectivity index (χ0n) is 14.8. The van der Waals surface area contributed by atoms with Crippen molar-refractivity contribution in [2.45, 2.75) is 13.0 Å². The van der Waals surface area contributed by atoms with Crippen LogP contribution in [-0.2, 0) is 9.53 Å². The lowest BCUT2D eigenvalue weighted by Crippen LogP contribution is -2.29. The highest BCUT2D eigenvalue weighted by Crippen LogP contribution is 2.39. The quantitative estimate of drug-likeness (QED) is 0.694. The third-order valence-corrected chi connectivity index (χ3v) is 4.83. The third kappa shape index (κ3) is 2.98. The molecule has 136 valence electrons. The van der Waals surface area contributed by atoms with Crippen LogP contribution in [0.5, 0.6) is 0 Å². The second-order valence-electron chi connectivity index (χ2n) is 6.15. The molecule has 3 aromatic rings. The summed E-state index contributed by atoms with van der Waals surface area (Å²) in [5, 5.41) is 8.37. The molecule has 2 heterocycles. The number of hydrogen-bond donors (Lipinski definition) is 1. The average Bonchev–Trinajstić information content (AvgIpc) is 3.11. The molecule has 0 spiro atoms. The van der Waals surface area contributed by atoms with E-state index in [1.807, 2.05) is 55.5 Å². The van der Waals surface area contributed by atoms with Gasteiger partial charge in [0.1, 0.15) is 6.04 Å². The van der Waals surface area contributed by atoms with E-state index in [-0.39, 0.29) is 0 Å². The van der Waals surface area contributed by atoms with Gasteiger partial charge in [-0.25, -0.2) is 9.48 Å². The maximum atomic E-state index is 12.5. The van der Waals surface area contributed by atoms with Gasteiger partial charge in [0.2, 0.25) is 5.95 Å². The van der Waals surface area contributed by atoms with Crippen LogP contribution in [0.25, 0.3) is 11.4 Å². The maximum Gasteiger partial charge on any atom is 0.338 e. The van der Waals surface area contributed by atoms with Gasteiger partial charge in [0.15, 0.2) is 5.82 Å². The highest BCUT2D eigenvalue weighted by atomic mass is 35.5. The van der Waals surface area contributed by atoms with Crippen LogP contribution in [0.2, 0.25) is 5.02 Å². The van der Waals surface area contributed by atoms with Crippen LogP contribution in [0, 0.1) is 0 Å². The molecule has 0 saturated heterocycles. The molecule has 2 aromatic carbocycles. The minimum atomic E-state index is -0.535. The number of nitrogens with zero attached hydrogens (tertiary/aromatic N) is 3. The van der Waals surface area contributed by atoms with Crippen molar-refractivity contribution in [3.63, 3.8) is 0 Å².